The number of thiophene rings is 1. The Kier molecular flexibility index (Phi) is 5.00. The second kappa shape index (κ2) is 7.41. The van der Waals surface area contributed by atoms with Crippen LogP contribution in [0.3, 0.4) is 0 Å². The number of carbonyl (C=O) groups excluding carboxylic acids is 1. The topological polar surface area (TPSA) is 35.6 Å². The Hall–Kier alpha value is -1.85. The molecule has 0 spiro atoms. The predicted molar refractivity (Wildman–Crippen MR) is 110 cm³/mol. The van der Waals surface area contributed by atoms with E-state index in [1.165, 1.54) is 29.0 Å². The third-order valence-electron chi connectivity index (χ3n) is 5.55. The van der Waals surface area contributed by atoms with Gasteiger partial charge in [0.15, 0.2) is 0 Å². The molecule has 138 valence electrons. The van der Waals surface area contributed by atoms with E-state index in [0.29, 0.717) is 0 Å². The van der Waals surface area contributed by atoms with Crippen LogP contribution in [0, 0.1) is 6.92 Å². The molecule has 0 saturated carbocycles. The monoisotopic (exact) mass is 369 g/mol. The van der Waals surface area contributed by atoms with Crippen LogP contribution in [0.5, 0.6) is 0 Å². The zero-order chi connectivity index (χ0) is 18.1. The van der Waals surface area contributed by atoms with Crippen molar-refractivity contribution < 1.29 is 4.79 Å². The van der Waals surface area contributed by atoms with E-state index in [1.807, 2.05) is 0 Å². The highest BCUT2D eigenvalue weighted by Gasteiger charge is 2.19. The third kappa shape index (κ3) is 3.64. The van der Waals surface area contributed by atoms with Crippen molar-refractivity contribution in [2.24, 2.45) is 0 Å². The van der Waals surface area contributed by atoms with Crippen molar-refractivity contribution in [3.8, 4) is 0 Å². The molecular weight excluding hydrogens is 342 g/mol. The molecule has 1 saturated heterocycles. The molecule has 4 rings (SSSR count). The van der Waals surface area contributed by atoms with E-state index in [2.05, 4.69) is 53.4 Å². The maximum absolute atomic E-state index is 12.7. The summed E-state index contributed by atoms with van der Waals surface area (Å²) in [6, 6.07) is 8.48. The van der Waals surface area contributed by atoms with Gasteiger partial charge in [-0.2, -0.15) is 0 Å². The number of fused-ring (bicyclic) bond motifs is 1. The molecule has 0 unspecified atom stereocenters. The van der Waals surface area contributed by atoms with Gasteiger partial charge in [-0.15, -0.1) is 11.3 Å². The Morgan fingerprint density at radius 2 is 1.85 bits per heavy atom. The Morgan fingerprint density at radius 3 is 2.58 bits per heavy atom. The average molecular weight is 370 g/mol. The van der Waals surface area contributed by atoms with Gasteiger partial charge in [0.1, 0.15) is 0 Å². The lowest BCUT2D eigenvalue weighted by Gasteiger charge is -2.34. The van der Waals surface area contributed by atoms with E-state index in [4.69, 9.17) is 0 Å². The Labute approximate surface area is 159 Å². The highest BCUT2D eigenvalue weighted by Crippen LogP contribution is 2.31. The van der Waals surface area contributed by atoms with Crippen molar-refractivity contribution in [3.63, 3.8) is 0 Å². The molecule has 2 aliphatic rings. The number of aryl methyl sites for hydroxylation is 3. The molecule has 0 bridgehead atoms. The smallest absolute Gasteiger partial charge is 0.265 e. The van der Waals surface area contributed by atoms with Gasteiger partial charge in [-0.05, 0) is 75.0 Å². The van der Waals surface area contributed by atoms with E-state index in [1.54, 1.807) is 11.3 Å². The maximum Gasteiger partial charge on any atom is 0.265 e. The summed E-state index contributed by atoms with van der Waals surface area (Å²) < 4.78 is 0. The zero-order valence-electron chi connectivity index (χ0n) is 15.7. The van der Waals surface area contributed by atoms with Crippen LogP contribution in [0.4, 0.5) is 11.4 Å². The van der Waals surface area contributed by atoms with Crippen molar-refractivity contribution in [2.75, 3.05) is 43.4 Å². The molecule has 1 fully saturated rings. The summed E-state index contributed by atoms with van der Waals surface area (Å²) in [6.07, 6.45) is 4.75. The van der Waals surface area contributed by atoms with Crippen molar-refractivity contribution in [2.45, 2.75) is 32.6 Å². The van der Waals surface area contributed by atoms with Crippen LogP contribution in [0.2, 0.25) is 0 Å². The van der Waals surface area contributed by atoms with Gasteiger partial charge in [-0.1, -0.05) is 0 Å². The molecule has 0 radical (unpaired) electrons. The molecule has 4 nitrogen and oxygen atoms in total. The molecule has 26 heavy (non-hydrogen) atoms. The number of anilines is 2. The van der Waals surface area contributed by atoms with E-state index in [9.17, 15) is 4.79 Å². The van der Waals surface area contributed by atoms with Gasteiger partial charge >= 0.3 is 0 Å². The number of piperazine rings is 1. The largest absolute Gasteiger partial charge is 0.369 e. The van der Waals surface area contributed by atoms with Crippen LogP contribution < -0.4 is 10.2 Å². The second-order valence-corrected chi connectivity index (χ2v) is 8.65. The van der Waals surface area contributed by atoms with E-state index < -0.39 is 0 Å². The van der Waals surface area contributed by atoms with Crippen molar-refractivity contribution in [3.05, 3.63) is 45.1 Å². The summed E-state index contributed by atoms with van der Waals surface area (Å²) in [5.41, 5.74) is 4.67. The number of carbonyl (C=O) groups is 1. The van der Waals surface area contributed by atoms with Gasteiger partial charge in [0.25, 0.3) is 5.91 Å². The van der Waals surface area contributed by atoms with Crippen molar-refractivity contribution in [1.82, 2.24) is 4.90 Å². The molecule has 1 amide bonds. The van der Waals surface area contributed by atoms with Crippen molar-refractivity contribution >= 4 is 28.6 Å². The first-order chi connectivity index (χ1) is 12.6. The van der Waals surface area contributed by atoms with Gasteiger partial charge in [-0.3, -0.25) is 4.79 Å². The number of hydrogen-bond acceptors (Lipinski definition) is 4. The molecule has 1 aromatic heterocycles. The van der Waals surface area contributed by atoms with Crippen LogP contribution in [-0.2, 0) is 12.8 Å². The summed E-state index contributed by atoms with van der Waals surface area (Å²) >= 11 is 1.67. The molecule has 5 heteroatoms. The maximum atomic E-state index is 12.7. The van der Waals surface area contributed by atoms with Crippen LogP contribution >= 0.6 is 11.3 Å². The number of benzene rings is 1. The molecule has 1 aliphatic heterocycles. The van der Waals surface area contributed by atoms with Crippen LogP contribution in [0.1, 0.15) is 38.5 Å². The summed E-state index contributed by atoms with van der Waals surface area (Å²) in [5, 5.41) is 3.12. The number of rotatable bonds is 3. The number of likely N-dealkylation sites (N-methyl/N-ethyl adjacent to an activating group) is 1. The minimum Gasteiger partial charge on any atom is -0.369 e. The standard InChI is InChI=1S/C21H27N3OS/c1-15-13-17(24-11-9-23(2)10-12-24)7-8-18(15)22-21(25)20-14-16-5-3-4-6-19(16)26-20/h7-8,13-14H,3-6,9-12H2,1-2H3,(H,22,25). The summed E-state index contributed by atoms with van der Waals surface area (Å²) in [5.74, 6) is 0.0276. The first-order valence-corrected chi connectivity index (χ1v) is 10.4. The van der Waals surface area contributed by atoms with Gasteiger partial charge in [-0.25, -0.2) is 0 Å². The quantitative estimate of drug-likeness (QED) is 0.890. The summed E-state index contributed by atoms with van der Waals surface area (Å²) in [7, 11) is 2.17. The minimum absolute atomic E-state index is 0.0276. The summed E-state index contributed by atoms with van der Waals surface area (Å²) in [4.78, 5) is 19.7. The van der Waals surface area contributed by atoms with Crippen molar-refractivity contribution in [1.29, 1.82) is 0 Å². The molecule has 0 atom stereocenters. The zero-order valence-corrected chi connectivity index (χ0v) is 16.5. The Bertz CT molecular complexity index is 782. The van der Waals surface area contributed by atoms with Crippen LogP contribution in [-0.4, -0.2) is 44.0 Å². The predicted octanol–water partition coefficient (Wildman–Crippen LogP) is 3.94. The molecule has 2 aromatic rings. The lowest BCUT2D eigenvalue weighted by molar-refractivity contribution is 0.103. The molecule has 1 aromatic carbocycles. The van der Waals surface area contributed by atoms with Crippen LogP contribution in [0.15, 0.2) is 24.3 Å². The van der Waals surface area contributed by atoms with Gasteiger partial charge in [0.2, 0.25) is 0 Å². The number of amides is 1. The van der Waals surface area contributed by atoms with Gasteiger partial charge in [0.05, 0.1) is 4.88 Å². The fourth-order valence-electron chi connectivity index (χ4n) is 3.84. The normalized spacial score (nSPS) is 17.8. The van der Waals surface area contributed by atoms with E-state index in [-0.39, 0.29) is 5.91 Å². The first kappa shape index (κ1) is 17.6. The third-order valence-corrected chi connectivity index (χ3v) is 6.78. The molecular formula is C21H27N3OS. The SMILES string of the molecule is Cc1cc(N2CCN(C)CC2)ccc1NC(=O)c1cc2c(s1)CCCC2. The molecule has 2 heterocycles. The lowest BCUT2D eigenvalue weighted by Crippen LogP contribution is -2.44. The van der Waals surface area contributed by atoms with Crippen LogP contribution in [0.25, 0.3) is 0 Å². The lowest BCUT2D eigenvalue weighted by atomic mass is 9.99. The number of hydrogen-bond donors (Lipinski definition) is 1. The molecule has 1 aliphatic carbocycles. The minimum atomic E-state index is 0.0276. The summed E-state index contributed by atoms with van der Waals surface area (Å²) in [6.45, 7) is 6.39. The highest BCUT2D eigenvalue weighted by atomic mass is 32.1. The fraction of sp³-hybridized carbons (Fsp3) is 0.476. The second-order valence-electron chi connectivity index (χ2n) is 7.51. The van der Waals surface area contributed by atoms with E-state index in [0.717, 1.165) is 55.1 Å². The average Bonchev–Trinajstić information content (AvgIpc) is 3.08. The number of nitrogens with zero attached hydrogens (tertiary/aromatic N) is 2. The van der Waals surface area contributed by atoms with Gasteiger partial charge < -0.3 is 15.1 Å². The molecule has 1 N–H and O–H groups in total. The van der Waals surface area contributed by atoms with Gasteiger partial charge in [0, 0.05) is 42.4 Å². The first-order valence-electron chi connectivity index (χ1n) is 9.57. The van der Waals surface area contributed by atoms with E-state index >= 15 is 0 Å². The highest BCUT2D eigenvalue weighted by molar-refractivity contribution is 7.14. The Morgan fingerprint density at radius 1 is 1.08 bits per heavy atom. The number of nitrogens with one attached hydrogen (secondary N) is 1. The Balaban J connectivity index is 1.46. The fourth-order valence-corrected chi connectivity index (χ4v) is 4.98.